The number of methoxy groups -OCH3 is 1. The maximum absolute atomic E-state index is 12.5. The average Bonchev–Trinajstić information content (AvgIpc) is 3.06. The zero-order valence-corrected chi connectivity index (χ0v) is 26.6. The van der Waals surface area contributed by atoms with Gasteiger partial charge in [-0.3, -0.25) is 0 Å². The molecule has 0 aliphatic carbocycles. The van der Waals surface area contributed by atoms with E-state index in [1.165, 1.54) is 0 Å². The quantitative estimate of drug-likeness (QED) is 0.278. The molecule has 4 aromatic rings. The van der Waals surface area contributed by atoms with E-state index in [2.05, 4.69) is 23.6 Å². The summed E-state index contributed by atoms with van der Waals surface area (Å²) in [5, 5.41) is 20.7. The molecule has 0 saturated carbocycles. The second-order valence-corrected chi connectivity index (χ2v) is 11.9. The zero-order valence-electron chi connectivity index (χ0n) is 26.6. The number of aromatic nitrogens is 3. The number of likely N-dealkylation sites (N-methyl/N-ethyl adjacent to an activating group) is 1. The van der Waals surface area contributed by atoms with Gasteiger partial charge in [0.15, 0.2) is 5.65 Å². The molecule has 2 N–H and O–H groups in total. The molecule has 2 aliphatic rings. The van der Waals surface area contributed by atoms with Crippen LogP contribution in [0.25, 0.3) is 22.3 Å². The molecule has 2 aliphatic heterocycles. The van der Waals surface area contributed by atoms with Crippen molar-refractivity contribution >= 4 is 34.5 Å². The molecule has 242 valence electrons. The summed E-state index contributed by atoms with van der Waals surface area (Å²) in [5.41, 5.74) is 3.47. The van der Waals surface area contributed by atoms with Gasteiger partial charge in [-0.15, -0.1) is 0 Å². The van der Waals surface area contributed by atoms with Crippen molar-refractivity contribution in [1.29, 1.82) is 0 Å². The molecular weight excluding hydrogens is 588 g/mol. The molecule has 2 fully saturated rings. The molecule has 0 spiro atoms. The summed E-state index contributed by atoms with van der Waals surface area (Å²) in [5.74, 6) is 1.15. The predicted molar refractivity (Wildman–Crippen MR) is 176 cm³/mol. The van der Waals surface area contributed by atoms with Gasteiger partial charge in [-0.2, -0.15) is 9.97 Å². The molecule has 2 aromatic heterocycles. The van der Waals surface area contributed by atoms with E-state index in [4.69, 9.17) is 29.2 Å². The molecule has 2 saturated heterocycles. The highest BCUT2D eigenvalue weighted by atomic mass is 16.5. The molecule has 46 heavy (non-hydrogen) atoms. The molecule has 0 radical (unpaired) electrons. The topological polar surface area (TPSA) is 134 Å². The Kier molecular flexibility index (Phi) is 9.09. The van der Waals surface area contributed by atoms with Crippen molar-refractivity contribution in [2.45, 2.75) is 38.5 Å². The lowest BCUT2D eigenvalue weighted by Gasteiger charge is -2.36. The molecule has 0 bridgehead atoms. The number of carboxylic acid groups (broad SMARTS) is 1. The van der Waals surface area contributed by atoms with Crippen molar-refractivity contribution in [2.24, 2.45) is 0 Å². The van der Waals surface area contributed by atoms with Gasteiger partial charge in [-0.25, -0.2) is 9.78 Å². The Labute approximate surface area is 268 Å². The lowest BCUT2D eigenvalue weighted by atomic mass is 10.0. The van der Waals surface area contributed by atoms with Crippen LogP contribution >= 0.6 is 0 Å². The molecule has 2 aromatic carbocycles. The highest BCUT2D eigenvalue weighted by Gasteiger charge is 2.28. The average molecular weight is 629 g/mol. The van der Waals surface area contributed by atoms with Crippen LogP contribution in [0.4, 0.5) is 17.5 Å². The molecule has 12 heteroatoms. The molecule has 3 atom stereocenters. The van der Waals surface area contributed by atoms with E-state index in [-0.39, 0.29) is 24.4 Å². The number of hydrogen-bond acceptors (Lipinski definition) is 11. The normalized spacial score (nSPS) is 19.2. The van der Waals surface area contributed by atoms with Crippen molar-refractivity contribution in [1.82, 2.24) is 15.0 Å². The number of benzene rings is 2. The summed E-state index contributed by atoms with van der Waals surface area (Å²) in [6.07, 6.45) is 0.330. The summed E-state index contributed by atoms with van der Waals surface area (Å²) in [4.78, 5) is 33.6. The smallest absolute Gasteiger partial charge is 0.326 e. The Morgan fingerprint density at radius 3 is 2.39 bits per heavy atom. The van der Waals surface area contributed by atoms with Gasteiger partial charge in [-0.05, 0) is 61.9 Å². The number of rotatable bonds is 9. The second-order valence-electron chi connectivity index (χ2n) is 11.9. The van der Waals surface area contributed by atoms with Crippen molar-refractivity contribution < 1.29 is 29.2 Å². The first-order chi connectivity index (χ1) is 22.2. The number of fused-ring (bicyclic) bond motifs is 1. The Balaban J connectivity index is 1.39. The first kappa shape index (κ1) is 31.3. The first-order valence-corrected chi connectivity index (χ1v) is 15.5. The lowest BCUT2D eigenvalue weighted by molar-refractivity contribution is -0.138. The van der Waals surface area contributed by atoms with Crippen LogP contribution in [0.15, 0.2) is 54.6 Å². The highest BCUT2D eigenvalue weighted by molar-refractivity contribution is 5.90. The fourth-order valence-electron chi connectivity index (χ4n) is 6.18. The minimum Gasteiger partial charge on any atom is -0.508 e. The third kappa shape index (κ3) is 6.63. The predicted octanol–water partition coefficient (Wildman–Crippen LogP) is 3.99. The summed E-state index contributed by atoms with van der Waals surface area (Å²) in [6, 6.07) is 15.3. The lowest BCUT2D eigenvalue weighted by Crippen LogP contribution is -2.46. The van der Waals surface area contributed by atoms with E-state index in [1.54, 1.807) is 43.3 Å². The van der Waals surface area contributed by atoms with E-state index in [0.29, 0.717) is 55.0 Å². The molecule has 3 unspecified atom stereocenters. The summed E-state index contributed by atoms with van der Waals surface area (Å²) < 4.78 is 17.2. The van der Waals surface area contributed by atoms with Crippen molar-refractivity contribution in [3.63, 3.8) is 0 Å². The van der Waals surface area contributed by atoms with E-state index in [9.17, 15) is 15.0 Å². The first-order valence-electron chi connectivity index (χ1n) is 15.5. The summed E-state index contributed by atoms with van der Waals surface area (Å²) >= 11 is 0. The molecule has 0 amide bonds. The number of morpholine rings is 2. The Morgan fingerprint density at radius 2 is 1.72 bits per heavy atom. The van der Waals surface area contributed by atoms with Crippen LogP contribution in [0.3, 0.4) is 0 Å². The molecular formula is C34H40N6O6. The van der Waals surface area contributed by atoms with Crippen LogP contribution in [0, 0.1) is 0 Å². The monoisotopic (exact) mass is 628 g/mol. The van der Waals surface area contributed by atoms with Gasteiger partial charge in [0.05, 0.1) is 49.3 Å². The fourth-order valence-corrected chi connectivity index (χ4v) is 6.18. The van der Waals surface area contributed by atoms with Crippen LogP contribution in [-0.2, 0) is 20.7 Å². The minimum absolute atomic E-state index is 0.0487. The number of hydrogen-bond donors (Lipinski definition) is 2. The van der Waals surface area contributed by atoms with Gasteiger partial charge < -0.3 is 39.1 Å². The Hall–Kier alpha value is -4.68. The van der Waals surface area contributed by atoms with Gasteiger partial charge in [0.25, 0.3) is 0 Å². The van der Waals surface area contributed by atoms with Gasteiger partial charge in [0.2, 0.25) is 5.95 Å². The standard InChI is InChI=1S/C34H40N6O6/c1-21-19-40(20-22(2)46-21)34-36-31-26(32(37-34)39-13-15-45-16-14-39)10-11-27(35-31)24-7-12-30(44-4)28(18-24)38(3)29(33(42)43)17-23-5-8-25(41)9-6-23/h5-12,18,21-22,29,41H,13-17,19-20H2,1-4H3,(H,42,43). The number of ether oxygens (including phenoxy) is 3. The second kappa shape index (κ2) is 13.4. The third-order valence-electron chi connectivity index (χ3n) is 8.51. The van der Waals surface area contributed by atoms with E-state index in [1.807, 2.05) is 30.3 Å². The largest absolute Gasteiger partial charge is 0.508 e. The van der Waals surface area contributed by atoms with Gasteiger partial charge >= 0.3 is 5.97 Å². The molecule has 6 rings (SSSR count). The Morgan fingerprint density at radius 1 is 1.00 bits per heavy atom. The minimum atomic E-state index is -0.974. The van der Waals surface area contributed by atoms with Gasteiger partial charge in [-0.1, -0.05) is 12.1 Å². The van der Waals surface area contributed by atoms with Crippen LogP contribution in [0.5, 0.6) is 11.5 Å². The number of pyridine rings is 1. The van der Waals surface area contributed by atoms with Crippen molar-refractivity contribution in [3.05, 3.63) is 60.2 Å². The van der Waals surface area contributed by atoms with Gasteiger partial charge in [0, 0.05) is 45.2 Å². The summed E-state index contributed by atoms with van der Waals surface area (Å²) in [7, 11) is 3.31. The Bertz CT molecular complexity index is 1690. The number of nitrogens with zero attached hydrogens (tertiary/aromatic N) is 6. The molecule has 12 nitrogen and oxygen atoms in total. The maximum Gasteiger partial charge on any atom is 0.326 e. The van der Waals surface area contributed by atoms with Crippen LogP contribution < -0.4 is 19.4 Å². The van der Waals surface area contributed by atoms with Crippen molar-refractivity contribution in [3.8, 4) is 22.8 Å². The zero-order chi connectivity index (χ0) is 32.4. The third-order valence-corrected chi connectivity index (χ3v) is 8.51. The fraction of sp³-hybridized carbons (Fsp3) is 0.412. The number of phenols is 1. The summed E-state index contributed by atoms with van der Waals surface area (Å²) in [6.45, 7) is 8.19. The number of phenolic OH excluding ortho intramolecular Hbond substituents is 1. The van der Waals surface area contributed by atoms with Crippen LogP contribution in [0.1, 0.15) is 19.4 Å². The van der Waals surface area contributed by atoms with E-state index < -0.39 is 12.0 Å². The SMILES string of the molecule is COc1ccc(-c2ccc3c(N4CCOCC4)nc(N4CC(C)OC(C)C4)nc3n2)cc1N(C)C(Cc1ccc(O)cc1)C(=O)O. The van der Waals surface area contributed by atoms with Crippen molar-refractivity contribution in [2.75, 3.05) is 68.2 Å². The number of aliphatic carboxylic acids is 1. The van der Waals surface area contributed by atoms with E-state index in [0.717, 1.165) is 35.4 Å². The molecule has 4 heterocycles. The number of anilines is 3. The number of carbonyl (C=O) groups is 1. The van der Waals surface area contributed by atoms with Crippen LogP contribution in [-0.4, -0.2) is 103 Å². The number of aromatic hydroxyl groups is 1. The van der Waals surface area contributed by atoms with Gasteiger partial charge in [0.1, 0.15) is 23.4 Å². The highest BCUT2D eigenvalue weighted by Crippen LogP contribution is 2.36. The number of carboxylic acids is 1. The van der Waals surface area contributed by atoms with Crippen LogP contribution in [0.2, 0.25) is 0 Å². The maximum atomic E-state index is 12.5. The van der Waals surface area contributed by atoms with E-state index >= 15 is 0 Å².